The first kappa shape index (κ1) is 26.7. The maximum Gasteiger partial charge on any atom is 0.220 e. The molecule has 0 spiro atoms. The molecule has 1 fully saturated rings. The molecular weight excluding hydrogens is 531 g/mol. The molecule has 1 aliphatic rings. The van der Waals surface area contributed by atoms with Crippen LogP contribution in [0.1, 0.15) is 30.9 Å². The van der Waals surface area contributed by atoms with Crippen molar-refractivity contribution in [3.8, 4) is 5.75 Å². The molecule has 8 nitrogen and oxygen atoms in total. The van der Waals surface area contributed by atoms with Gasteiger partial charge in [-0.3, -0.25) is 9.79 Å². The molecule has 0 aliphatic carbocycles. The molecule has 3 rings (SSSR count). The molecule has 0 bridgehead atoms. The second-order valence-electron chi connectivity index (χ2n) is 7.98. The van der Waals surface area contributed by atoms with E-state index < -0.39 is 0 Å². The van der Waals surface area contributed by atoms with Gasteiger partial charge < -0.3 is 25.6 Å². The molecule has 1 amide bonds. The van der Waals surface area contributed by atoms with Crippen LogP contribution in [-0.2, 0) is 17.9 Å². The third-order valence-corrected chi connectivity index (χ3v) is 5.73. The third kappa shape index (κ3) is 7.48. The van der Waals surface area contributed by atoms with Gasteiger partial charge in [0.25, 0.3) is 0 Å². The second kappa shape index (κ2) is 13.2. The number of rotatable bonds is 8. The van der Waals surface area contributed by atoms with Gasteiger partial charge in [-0.25, -0.2) is 4.98 Å². The summed E-state index contributed by atoms with van der Waals surface area (Å²) < 4.78 is 5.52. The summed E-state index contributed by atoms with van der Waals surface area (Å²) in [6.45, 7) is 5.54. The zero-order chi connectivity index (χ0) is 22.9. The molecule has 33 heavy (non-hydrogen) atoms. The van der Waals surface area contributed by atoms with Crippen LogP contribution >= 0.6 is 24.0 Å². The predicted octanol–water partition coefficient (Wildman–Crippen LogP) is 3.01. The number of piperidine rings is 1. The highest BCUT2D eigenvalue weighted by Crippen LogP contribution is 2.24. The first-order chi connectivity index (χ1) is 15.5. The van der Waals surface area contributed by atoms with E-state index in [1.54, 1.807) is 7.05 Å². The molecule has 2 aromatic rings. The molecule has 0 radical (unpaired) electrons. The minimum atomic E-state index is -0.202. The lowest BCUT2D eigenvalue weighted by Crippen LogP contribution is -2.40. The summed E-state index contributed by atoms with van der Waals surface area (Å²) in [4.78, 5) is 24.9. The first-order valence-electron chi connectivity index (χ1n) is 11.1. The molecule has 1 aromatic carbocycles. The van der Waals surface area contributed by atoms with Gasteiger partial charge >= 0.3 is 0 Å². The van der Waals surface area contributed by atoms with Crippen LogP contribution in [0.4, 0.5) is 5.82 Å². The van der Waals surface area contributed by atoms with Crippen LogP contribution in [-0.4, -0.2) is 55.5 Å². The summed E-state index contributed by atoms with van der Waals surface area (Å²) in [5.74, 6) is 2.40. The lowest BCUT2D eigenvalue weighted by atomic mass is 9.96. The Morgan fingerprint density at radius 2 is 1.97 bits per heavy atom. The predicted molar refractivity (Wildman–Crippen MR) is 143 cm³/mol. The molecule has 0 unspecified atom stereocenters. The fourth-order valence-electron chi connectivity index (χ4n) is 3.99. The van der Waals surface area contributed by atoms with E-state index in [0.29, 0.717) is 13.2 Å². The average molecular weight is 566 g/mol. The van der Waals surface area contributed by atoms with Gasteiger partial charge in [0.1, 0.15) is 11.6 Å². The number of ether oxygens (including phenoxy) is 1. The number of primary amides is 1. The number of guanidine groups is 1. The number of hydrogen-bond acceptors (Lipinski definition) is 5. The SMILES string of the molecule is CCOc1ccc(CN(C)C(=NC)NCc2cccnc2N2CCC(C(N)=O)CC2)cc1.I. The number of anilines is 1. The van der Waals surface area contributed by atoms with Crippen molar-refractivity contribution in [2.24, 2.45) is 16.6 Å². The third-order valence-electron chi connectivity index (χ3n) is 5.73. The van der Waals surface area contributed by atoms with E-state index in [2.05, 4.69) is 43.3 Å². The van der Waals surface area contributed by atoms with Gasteiger partial charge in [0.15, 0.2) is 5.96 Å². The minimum Gasteiger partial charge on any atom is -0.494 e. The van der Waals surface area contributed by atoms with Crippen molar-refractivity contribution >= 4 is 41.7 Å². The number of aliphatic imine (C=N–C) groups is 1. The zero-order valence-electron chi connectivity index (χ0n) is 19.7. The Morgan fingerprint density at radius 3 is 2.58 bits per heavy atom. The highest BCUT2D eigenvalue weighted by molar-refractivity contribution is 14.0. The van der Waals surface area contributed by atoms with Gasteiger partial charge in [-0.05, 0) is 43.5 Å². The molecule has 1 saturated heterocycles. The maximum atomic E-state index is 11.5. The fraction of sp³-hybridized carbons (Fsp3) is 0.458. The lowest BCUT2D eigenvalue weighted by Gasteiger charge is -2.32. The fourth-order valence-corrected chi connectivity index (χ4v) is 3.99. The number of amides is 1. The van der Waals surface area contributed by atoms with Crippen LogP contribution < -0.4 is 20.7 Å². The molecular formula is C24H35IN6O2. The zero-order valence-corrected chi connectivity index (χ0v) is 22.0. The lowest BCUT2D eigenvalue weighted by molar-refractivity contribution is -0.122. The number of carbonyl (C=O) groups excluding carboxylic acids is 1. The maximum absolute atomic E-state index is 11.5. The number of pyridine rings is 1. The Labute approximate surface area is 213 Å². The molecule has 2 heterocycles. The van der Waals surface area contributed by atoms with Gasteiger partial charge in [-0.2, -0.15) is 0 Å². The summed E-state index contributed by atoms with van der Waals surface area (Å²) in [5, 5.41) is 3.45. The minimum absolute atomic E-state index is 0. The van der Waals surface area contributed by atoms with Crippen LogP contribution in [0, 0.1) is 5.92 Å². The number of aromatic nitrogens is 1. The Morgan fingerprint density at radius 1 is 1.27 bits per heavy atom. The van der Waals surface area contributed by atoms with Crippen molar-refractivity contribution in [2.45, 2.75) is 32.9 Å². The standard InChI is InChI=1S/C24H34N6O2.HI/c1-4-32-21-9-7-18(8-10-21)17-29(3)24(26-2)28-16-20-6-5-13-27-23(20)30-14-11-19(12-15-30)22(25)31;/h5-10,13,19H,4,11-12,14-17H2,1-3H3,(H2,25,31)(H,26,28);1H. The van der Waals surface area contributed by atoms with Crippen LogP contribution in [0.3, 0.4) is 0 Å². The highest BCUT2D eigenvalue weighted by atomic mass is 127. The Kier molecular flexibility index (Phi) is 10.7. The van der Waals surface area contributed by atoms with E-state index in [0.717, 1.165) is 55.6 Å². The van der Waals surface area contributed by atoms with Gasteiger partial charge in [-0.15, -0.1) is 24.0 Å². The van der Waals surface area contributed by atoms with Crippen molar-refractivity contribution in [1.82, 2.24) is 15.2 Å². The first-order valence-corrected chi connectivity index (χ1v) is 11.1. The normalized spacial score (nSPS) is 14.4. The number of hydrogen-bond donors (Lipinski definition) is 2. The van der Waals surface area contributed by atoms with Gasteiger partial charge in [-0.1, -0.05) is 18.2 Å². The topological polar surface area (TPSA) is 96.1 Å². The van der Waals surface area contributed by atoms with Crippen LogP contribution in [0.2, 0.25) is 0 Å². The van der Waals surface area contributed by atoms with E-state index in [4.69, 9.17) is 10.5 Å². The monoisotopic (exact) mass is 566 g/mol. The van der Waals surface area contributed by atoms with Crippen molar-refractivity contribution < 1.29 is 9.53 Å². The number of halogens is 1. The smallest absolute Gasteiger partial charge is 0.220 e. The molecule has 0 atom stereocenters. The Balaban J connectivity index is 0.00000385. The number of nitrogens with one attached hydrogen (secondary N) is 1. The average Bonchev–Trinajstić information content (AvgIpc) is 2.81. The number of nitrogens with two attached hydrogens (primary N) is 1. The van der Waals surface area contributed by atoms with E-state index in [1.165, 1.54) is 5.56 Å². The summed E-state index contributed by atoms with van der Waals surface area (Å²) >= 11 is 0. The van der Waals surface area contributed by atoms with Gasteiger partial charge in [0.2, 0.25) is 5.91 Å². The number of benzene rings is 1. The second-order valence-corrected chi connectivity index (χ2v) is 7.98. The van der Waals surface area contributed by atoms with Crippen LogP contribution in [0.15, 0.2) is 47.6 Å². The van der Waals surface area contributed by atoms with Crippen molar-refractivity contribution in [1.29, 1.82) is 0 Å². The Bertz CT molecular complexity index is 913. The highest BCUT2D eigenvalue weighted by Gasteiger charge is 2.25. The van der Waals surface area contributed by atoms with Crippen LogP contribution in [0.25, 0.3) is 0 Å². The van der Waals surface area contributed by atoms with E-state index >= 15 is 0 Å². The summed E-state index contributed by atoms with van der Waals surface area (Å²) in [7, 11) is 3.81. The molecule has 9 heteroatoms. The van der Waals surface area contributed by atoms with E-state index in [1.807, 2.05) is 38.4 Å². The van der Waals surface area contributed by atoms with Gasteiger partial charge in [0, 0.05) is 58.0 Å². The van der Waals surface area contributed by atoms with E-state index in [9.17, 15) is 4.79 Å². The largest absolute Gasteiger partial charge is 0.494 e. The van der Waals surface area contributed by atoms with Crippen LogP contribution in [0.5, 0.6) is 5.75 Å². The van der Waals surface area contributed by atoms with Crippen molar-refractivity contribution in [3.05, 3.63) is 53.7 Å². The van der Waals surface area contributed by atoms with Crippen molar-refractivity contribution in [3.63, 3.8) is 0 Å². The van der Waals surface area contributed by atoms with Gasteiger partial charge in [0.05, 0.1) is 6.61 Å². The molecule has 0 saturated carbocycles. The summed E-state index contributed by atoms with van der Waals surface area (Å²) in [6, 6.07) is 12.2. The Hall–Kier alpha value is -2.56. The van der Waals surface area contributed by atoms with Crippen molar-refractivity contribution in [2.75, 3.05) is 38.7 Å². The molecule has 1 aromatic heterocycles. The quantitative estimate of drug-likeness (QED) is 0.290. The summed E-state index contributed by atoms with van der Waals surface area (Å²) in [6.07, 6.45) is 3.35. The number of carbonyl (C=O) groups is 1. The molecule has 180 valence electrons. The summed E-state index contributed by atoms with van der Waals surface area (Å²) in [5.41, 5.74) is 7.75. The molecule has 3 N–H and O–H groups in total. The number of nitrogens with zero attached hydrogens (tertiary/aromatic N) is 4. The van der Waals surface area contributed by atoms with E-state index in [-0.39, 0.29) is 35.8 Å². The molecule has 1 aliphatic heterocycles.